The fourth-order valence-corrected chi connectivity index (χ4v) is 2.83. The summed E-state index contributed by atoms with van der Waals surface area (Å²) in [6.07, 6.45) is 0. The smallest absolute Gasteiger partial charge is 0.194 e. The second-order valence-corrected chi connectivity index (χ2v) is 5.70. The van der Waals surface area contributed by atoms with Crippen molar-refractivity contribution in [3.63, 3.8) is 0 Å². The van der Waals surface area contributed by atoms with Crippen LogP contribution in [0, 0.1) is 3.57 Å². The van der Waals surface area contributed by atoms with Gasteiger partial charge in [0.05, 0.1) is 0 Å². The normalized spacial score (nSPS) is 12.5. The molecule has 2 aromatic carbocycles. The maximum absolute atomic E-state index is 12.1. The molecule has 2 aromatic rings. The highest BCUT2D eigenvalue weighted by atomic mass is 127. The Morgan fingerprint density at radius 1 is 0.938 bits per heavy atom. The van der Waals surface area contributed by atoms with E-state index < -0.39 is 0 Å². The molecule has 1 aliphatic carbocycles. The van der Waals surface area contributed by atoms with E-state index in [2.05, 4.69) is 38.5 Å². The molecule has 3 heteroatoms. The Labute approximate surface area is 115 Å². The van der Waals surface area contributed by atoms with E-state index in [0.717, 1.165) is 30.3 Å². The Bertz CT molecular complexity index is 619. The Hall–Kier alpha value is -0.680. The molecule has 0 radical (unpaired) electrons. The number of carbonyl (C=O) groups excluding carboxylic acids is 1. The van der Waals surface area contributed by atoms with Crippen LogP contribution in [0.4, 0.5) is 0 Å². The Kier molecular flexibility index (Phi) is 2.40. The molecule has 0 fully saturated rings. The van der Waals surface area contributed by atoms with Crippen LogP contribution in [0.25, 0.3) is 11.1 Å². The first-order valence-corrected chi connectivity index (χ1v) is 6.69. The molecule has 0 spiro atoms. The van der Waals surface area contributed by atoms with Crippen molar-refractivity contribution in [1.29, 1.82) is 0 Å². The fourth-order valence-electron chi connectivity index (χ4n) is 2.02. The molecule has 0 saturated carbocycles. The zero-order chi connectivity index (χ0) is 11.3. The second-order valence-electron chi connectivity index (χ2n) is 3.69. The molecule has 78 valence electrons. The highest BCUT2D eigenvalue weighted by molar-refractivity contribution is 14.1. The molecule has 0 bridgehead atoms. The molecule has 0 aromatic heterocycles. The largest absolute Gasteiger partial charge is 0.289 e. The van der Waals surface area contributed by atoms with Crippen LogP contribution >= 0.6 is 38.5 Å². The van der Waals surface area contributed by atoms with Crippen molar-refractivity contribution in [1.82, 2.24) is 0 Å². The second kappa shape index (κ2) is 3.67. The first-order chi connectivity index (χ1) is 7.68. The predicted molar refractivity (Wildman–Crippen MR) is 75.7 cm³/mol. The topological polar surface area (TPSA) is 17.1 Å². The van der Waals surface area contributed by atoms with Gasteiger partial charge < -0.3 is 0 Å². The van der Waals surface area contributed by atoms with Gasteiger partial charge in [-0.3, -0.25) is 4.79 Å². The van der Waals surface area contributed by atoms with E-state index in [9.17, 15) is 4.79 Å². The molecule has 0 unspecified atom stereocenters. The van der Waals surface area contributed by atoms with Crippen molar-refractivity contribution in [3.8, 4) is 11.1 Å². The van der Waals surface area contributed by atoms with Gasteiger partial charge in [-0.2, -0.15) is 0 Å². The summed E-state index contributed by atoms with van der Waals surface area (Å²) in [6, 6.07) is 11.7. The zero-order valence-electron chi connectivity index (χ0n) is 8.13. The summed E-state index contributed by atoms with van der Waals surface area (Å²) >= 11 is 5.73. The van der Waals surface area contributed by atoms with Crippen molar-refractivity contribution in [2.24, 2.45) is 0 Å². The number of halogens is 2. The standard InChI is InChI=1S/C13H6BrIO/c14-11-5-9-7-3-1-2-4-8(7)13(16)10(9)6-12(11)15/h1-6H. The van der Waals surface area contributed by atoms with Crippen molar-refractivity contribution >= 4 is 44.3 Å². The Morgan fingerprint density at radius 2 is 1.62 bits per heavy atom. The molecular formula is C13H6BrIO. The number of carbonyl (C=O) groups is 1. The molecule has 0 amide bonds. The van der Waals surface area contributed by atoms with Gasteiger partial charge in [-0.05, 0) is 61.8 Å². The van der Waals surface area contributed by atoms with E-state index in [1.807, 2.05) is 36.4 Å². The highest BCUT2D eigenvalue weighted by Gasteiger charge is 2.26. The quantitative estimate of drug-likeness (QED) is 0.529. The summed E-state index contributed by atoms with van der Waals surface area (Å²) < 4.78 is 2.11. The molecule has 1 nitrogen and oxygen atoms in total. The summed E-state index contributed by atoms with van der Waals surface area (Å²) in [4.78, 5) is 12.1. The third kappa shape index (κ3) is 1.38. The first kappa shape index (κ1) is 10.5. The van der Waals surface area contributed by atoms with Crippen molar-refractivity contribution in [3.05, 3.63) is 55.6 Å². The molecule has 16 heavy (non-hydrogen) atoms. The summed E-state index contributed by atoms with van der Waals surface area (Å²) in [6.45, 7) is 0. The first-order valence-electron chi connectivity index (χ1n) is 4.81. The minimum atomic E-state index is 0.135. The molecule has 1 aliphatic rings. The Balaban J connectivity index is 2.38. The van der Waals surface area contributed by atoms with Gasteiger partial charge in [0.15, 0.2) is 5.78 Å². The maximum Gasteiger partial charge on any atom is 0.194 e. The number of fused-ring (bicyclic) bond motifs is 3. The molecule has 0 heterocycles. The number of ketones is 1. The minimum Gasteiger partial charge on any atom is -0.289 e. The van der Waals surface area contributed by atoms with Crippen LogP contribution in [0.2, 0.25) is 0 Å². The number of hydrogen-bond acceptors (Lipinski definition) is 1. The van der Waals surface area contributed by atoms with Crippen LogP contribution in [0.15, 0.2) is 40.9 Å². The monoisotopic (exact) mass is 384 g/mol. The van der Waals surface area contributed by atoms with Crippen LogP contribution in [-0.2, 0) is 0 Å². The summed E-state index contributed by atoms with van der Waals surface area (Å²) in [7, 11) is 0. The van der Waals surface area contributed by atoms with E-state index in [4.69, 9.17) is 0 Å². The van der Waals surface area contributed by atoms with Gasteiger partial charge in [0.25, 0.3) is 0 Å². The maximum atomic E-state index is 12.1. The molecular weight excluding hydrogens is 379 g/mol. The van der Waals surface area contributed by atoms with Crippen molar-refractivity contribution < 1.29 is 4.79 Å². The van der Waals surface area contributed by atoms with Crippen LogP contribution in [-0.4, -0.2) is 5.78 Å². The summed E-state index contributed by atoms with van der Waals surface area (Å²) in [5, 5.41) is 0. The average Bonchev–Trinajstić information content (AvgIpc) is 2.55. The van der Waals surface area contributed by atoms with E-state index in [0.29, 0.717) is 0 Å². The lowest BCUT2D eigenvalue weighted by molar-refractivity contribution is 0.104. The van der Waals surface area contributed by atoms with Crippen molar-refractivity contribution in [2.75, 3.05) is 0 Å². The van der Waals surface area contributed by atoms with E-state index in [-0.39, 0.29) is 5.78 Å². The number of rotatable bonds is 0. The lowest BCUT2D eigenvalue weighted by Crippen LogP contribution is -1.95. The van der Waals surface area contributed by atoms with Gasteiger partial charge in [-0.25, -0.2) is 0 Å². The lowest BCUT2D eigenvalue weighted by Gasteiger charge is -2.02. The summed E-state index contributed by atoms with van der Waals surface area (Å²) in [5.74, 6) is 0.135. The van der Waals surface area contributed by atoms with E-state index in [1.54, 1.807) is 0 Å². The van der Waals surface area contributed by atoms with Crippen LogP contribution in [0.3, 0.4) is 0 Å². The summed E-state index contributed by atoms with van der Waals surface area (Å²) in [5.41, 5.74) is 3.70. The Morgan fingerprint density at radius 3 is 2.38 bits per heavy atom. The molecule has 3 rings (SSSR count). The third-order valence-corrected chi connectivity index (χ3v) is 5.06. The molecule has 0 saturated heterocycles. The van der Waals surface area contributed by atoms with Crippen LogP contribution in [0.5, 0.6) is 0 Å². The molecule has 0 N–H and O–H groups in total. The third-order valence-electron chi connectivity index (χ3n) is 2.77. The number of hydrogen-bond donors (Lipinski definition) is 0. The fraction of sp³-hybridized carbons (Fsp3) is 0. The van der Waals surface area contributed by atoms with E-state index >= 15 is 0 Å². The average molecular weight is 385 g/mol. The lowest BCUT2D eigenvalue weighted by atomic mass is 10.1. The van der Waals surface area contributed by atoms with Crippen LogP contribution in [0.1, 0.15) is 15.9 Å². The zero-order valence-corrected chi connectivity index (χ0v) is 11.9. The van der Waals surface area contributed by atoms with Gasteiger partial charge in [0.2, 0.25) is 0 Å². The minimum absolute atomic E-state index is 0.135. The highest BCUT2D eigenvalue weighted by Crippen LogP contribution is 2.39. The molecule has 0 aliphatic heterocycles. The number of benzene rings is 2. The van der Waals surface area contributed by atoms with E-state index in [1.165, 1.54) is 0 Å². The predicted octanol–water partition coefficient (Wildman–Crippen LogP) is 4.27. The SMILES string of the molecule is O=C1c2ccccc2-c2cc(Br)c(I)cc21. The van der Waals surface area contributed by atoms with Crippen molar-refractivity contribution in [2.45, 2.75) is 0 Å². The molecule has 0 atom stereocenters. The van der Waals surface area contributed by atoms with Gasteiger partial charge in [0, 0.05) is 19.2 Å². The van der Waals surface area contributed by atoms with Gasteiger partial charge in [-0.1, -0.05) is 24.3 Å². The van der Waals surface area contributed by atoms with Gasteiger partial charge in [-0.15, -0.1) is 0 Å². The van der Waals surface area contributed by atoms with Gasteiger partial charge in [0.1, 0.15) is 0 Å². The van der Waals surface area contributed by atoms with Crippen LogP contribution < -0.4 is 0 Å². The van der Waals surface area contributed by atoms with Gasteiger partial charge >= 0.3 is 0 Å².